The van der Waals surface area contributed by atoms with Crippen LogP contribution in [0.15, 0.2) is 109 Å². The van der Waals surface area contributed by atoms with E-state index < -0.39 is 39.8 Å². The first kappa shape index (κ1) is 61.5. The number of aryl methyl sites for hydroxylation is 3. The number of thiocarbonyl (C=S) groups is 3. The van der Waals surface area contributed by atoms with E-state index in [1.54, 1.807) is 142 Å². The third kappa shape index (κ3) is 11.3. The van der Waals surface area contributed by atoms with Crippen LogP contribution in [0.25, 0.3) is 14.5 Å². The number of hydrogen-bond acceptors (Lipinski definition) is 11. The highest BCUT2D eigenvalue weighted by Crippen LogP contribution is 2.43. The molecule has 11 rings (SSSR count). The van der Waals surface area contributed by atoms with Crippen molar-refractivity contribution in [1.82, 2.24) is 0 Å². The Morgan fingerprint density at radius 3 is 0.988 bits per heavy atom. The Balaban J connectivity index is 0.000000155. The van der Waals surface area contributed by atoms with Crippen molar-refractivity contribution in [1.29, 1.82) is 0 Å². The molecule has 0 unspecified atom stereocenters. The monoisotopic (exact) mass is 1220 g/mol. The van der Waals surface area contributed by atoms with Gasteiger partial charge in [0.25, 0.3) is 17.7 Å². The fourth-order valence-electron chi connectivity index (χ4n) is 10.1. The van der Waals surface area contributed by atoms with Gasteiger partial charge in [0.15, 0.2) is 67.1 Å². The Morgan fingerprint density at radius 1 is 0.465 bits per heavy atom. The predicted molar refractivity (Wildman–Crippen MR) is 334 cm³/mol. The topological polar surface area (TPSA) is 141 Å². The Kier molecular flexibility index (Phi) is 17.0. The van der Waals surface area contributed by atoms with E-state index in [1.807, 2.05) is 13.8 Å². The molecule has 17 nitrogen and oxygen atoms in total. The van der Waals surface area contributed by atoms with Gasteiger partial charge in [-0.25, -0.2) is 27.7 Å². The molecule has 23 heteroatoms. The van der Waals surface area contributed by atoms with E-state index in [0.29, 0.717) is 77.6 Å². The zero-order chi connectivity index (χ0) is 62.5. The highest BCUT2D eigenvalue weighted by Gasteiger charge is 2.53. The number of carbonyl (C=O) groups is 3. The Morgan fingerprint density at radius 2 is 0.744 bits per heavy atom. The average Bonchev–Trinajstić information content (AvgIpc) is 1.63. The molecule has 5 aliphatic heterocycles. The minimum atomic E-state index is -1.03. The smallest absolute Gasteiger partial charge is 0.259 e. The van der Waals surface area contributed by atoms with Crippen LogP contribution in [0.2, 0.25) is 0 Å². The van der Waals surface area contributed by atoms with Crippen molar-refractivity contribution in [3.8, 4) is 17.2 Å². The normalized spacial score (nSPS) is 17.7. The van der Waals surface area contributed by atoms with Gasteiger partial charge in [0.1, 0.15) is 28.8 Å². The second kappa shape index (κ2) is 23.8. The van der Waals surface area contributed by atoms with Crippen LogP contribution in [0.4, 0.5) is 64.4 Å². The van der Waals surface area contributed by atoms with Crippen LogP contribution >= 0.6 is 36.7 Å². The molecule has 5 saturated heterocycles. The molecule has 0 spiro atoms. The lowest BCUT2D eigenvalue weighted by Gasteiger charge is -2.30. The highest BCUT2D eigenvalue weighted by molar-refractivity contribution is 7.81. The number of phenolic OH excluding ortho intramolecular Hbond substituents is 1. The first-order chi connectivity index (χ1) is 40.6. The third-order valence-corrected chi connectivity index (χ3v) is 16.1. The van der Waals surface area contributed by atoms with Gasteiger partial charge in [0, 0.05) is 52.3 Å². The Bertz CT molecular complexity index is 3790. The summed E-state index contributed by atoms with van der Waals surface area (Å²) in [5.74, 6) is -2.74. The molecule has 0 saturated carbocycles. The van der Waals surface area contributed by atoms with Gasteiger partial charge >= 0.3 is 0 Å². The number of nitrogens with zero attached hydrogens (tertiary/aromatic N) is 9. The molecule has 3 amide bonds. The van der Waals surface area contributed by atoms with E-state index in [0.717, 1.165) is 22.8 Å². The molecule has 5 fully saturated rings. The number of aromatic hydroxyl groups is 1. The molecule has 5 aliphatic rings. The molecule has 0 aliphatic carbocycles. The van der Waals surface area contributed by atoms with Crippen molar-refractivity contribution in [3.05, 3.63) is 178 Å². The number of ether oxygens (including phenoxy) is 4. The van der Waals surface area contributed by atoms with E-state index in [2.05, 4.69) is 14.5 Å². The molecule has 440 valence electrons. The molecule has 1 N–H and O–H groups in total. The van der Waals surface area contributed by atoms with Crippen LogP contribution in [0.3, 0.4) is 0 Å². The maximum atomic E-state index is 14.7. The Labute approximate surface area is 511 Å². The summed E-state index contributed by atoms with van der Waals surface area (Å²) in [6.07, 6.45) is -0.290. The SMILES string of the molecule is [C-]#[N+]c1ccc(N2C(=O)C(C)(C)N(c3ccc(O)c(F)c3)C2=S)cc1C.[C-]#[N+]c1ccc(N2C(=O)C(C)(C)N(c3ccc(OC4COC4)c(F)c3)C2=S)cc1C.[C-]#[N+]c1ccc(N2C(=O)C(C)(C)N(c3ccc(OC4COC4)c(F)c3)C2=S)cc1C. The first-order valence-corrected chi connectivity index (χ1v) is 28.0. The second-order valence-electron chi connectivity index (χ2n) is 22.1. The number of hydrogen-bond donors (Lipinski definition) is 1. The van der Waals surface area contributed by atoms with Crippen LogP contribution in [0.5, 0.6) is 17.2 Å². The van der Waals surface area contributed by atoms with Crippen molar-refractivity contribution in [2.75, 3.05) is 55.8 Å². The number of rotatable bonds is 10. The molecule has 6 aromatic carbocycles. The van der Waals surface area contributed by atoms with Crippen molar-refractivity contribution in [3.63, 3.8) is 0 Å². The van der Waals surface area contributed by atoms with Gasteiger partial charge in [-0.05, 0) is 188 Å². The van der Waals surface area contributed by atoms with E-state index in [4.69, 9.17) is 75.3 Å². The fraction of sp³-hybridized carbons (Fsp3) is 0.286. The number of anilines is 6. The lowest BCUT2D eigenvalue weighted by Crippen LogP contribution is -2.44. The maximum Gasteiger partial charge on any atom is 0.259 e. The molecule has 6 aromatic rings. The van der Waals surface area contributed by atoms with Crippen LogP contribution in [-0.4, -0.2) is 93.4 Å². The lowest BCUT2D eigenvalue weighted by molar-refractivity contribution is -0.121. The molecule has 0 radical (unpaired) electrons. The minimum absolute atomic E-state index is 0.142. The first-order valence-electron chi connectivity index (χ1n) is 26.7. The summed E-state index contributed by atoms with van der Waals surface area (Å²) in [4.78, 5) is 58.9. The molecular weight excluding hydrogens is 1160 g/mol. The second-order valence-corrected chi connectivity index (χ2v) is 23.2. The van der Waals surface area contributed by atoms with Gasteiger partial charge in [0.2, 0.25) is 0 Å². The van der Waals surface area contributed by atoms with Crippen LogP contribution in [0, 0.1) is 57.9 Å². The fourth-order valence-corrected chi connectivity index (χ4v) is 11.7. The van der Waals surface area contributed by atoms with Crippen molar-refractivity contribution in [2.24, 2.45) is 0 Å². The van der Waals surface area contributed by atoms with Gasteiger partial charge in [0.05, 0.1) is 46.1 Å². The highest BCUT2D eigenvalue weighted by atomic mass is 32.1. The summed E-state index contributed by atoms with van der Waals surface area (Å²) in [7, 11) is 0. The van der Waals surface area contributed by atoms with Crippen LogP contribution in [0.1, 0.15) is 58.2 Å². The summed E-state index contributed by atoms with van der Waals surface area (Å²) in [5, 5.41) is 10.1. The van der Waals surface area contributed by atoms with Crippen LogP contribution < -0.4 is 38.9 Å². The molecule has 86 heavy (non-hydrogen) atoms. The molecule has 0 bridgehead atoms. The van der Waals surface area contributed by atoms with Gasteiger partial charge in [-0.2, -0.15) is 0 Å². The zero-order valence-corrected chi connectivity index (χ0v) is 50.5. The van der Waals surface area contributed by atoms with Gasteiger partial charge in [-0.3, -0.25) is 29.1 Å². The predicted octanol–water partition coefficient (Wildman–Crippen LogP) is 13.1. The summed E-state index contributed by atoms with van der Waals surface area (Å²) in [6.45, 7) is 39.1. The van der Waals surface area contributed by atoms with E-state index in [9.17, 15) is 32.7 Å². The third-order valence-electron chi connectivity index (χ3n) is 15.0. The summed E-state index contributed by atoms with van der Waals surface area (Å²) in [6, 6.07) is 28.3. The summed E-state index contributed by atoms with van der Waals surface area (Å²) < 4.78 is 64.4. The maximum absolute atomic E-state index is 14.7. The summed E-state index contributed by atoms with van der Waals surface area (Å²) >= 11 is 16.8. The van der Waals surface area contributed by atoms with Crippen molar-refractivity contribution < 1.29 is 51.6 Å². The van der Waals surface area contributed by atoms with Gasteiger partial charge < -0.3 is 38.8 Å². The van der Waals surface area contributed by atoms with Gasteiger partial charge in [-0.1, -0.05) is 18.2 Å². The van der Waals surface area contributed by atoms with Gasteiger partial charge in [-0.15, -0.1) is 0 Å². The number of benzene rings is 6. The van der Waals surface area contributed by atoms with Crippen LogP contribution in [-0.2, 0) is 23.9 Å². The largest absolute Gasteiger partial charge is 0.505 e. The standard InChI is InChI=1S/2C22H20FN3O3S.C19H16FN3O2S/c2*1-13-9-14(5-7-18(13)24-4)25-20(27)22(2,3)26(21(25)30)15-6-8-19(17(23)10-15)29-16-11-28-12-16;1-11-9-12(5-7-15(11)21-4)22-17(25)19(2,3)23(18(22)26)13-6-8-16(24)14(20)10-13/h2*5-10,16H,11-12H2,1-3H3;5-10,24H,1-3H3. The average molecular weight is 1220 g/mol. The number of phenols is 1. The molecule has 0 aromatic heterocycles. The van der Waals surface area contributed by atoms with Crippen molar-refractivity contribution >= 4 is 121 Å². The number of carbonyl (C=O) groups excluding carboxylic acids is 3. The van der Waals surface area contributed by atoms with E-state index in [-0.39, 0.29) is 56.8 Å². The molecule has 0 atom stereocenters. The van der Waals surface area contributed by atoms with E-state index in [1.165, 1.54) is 39.0 Å². The number of halogens is 3. The molecule has 5 heterocycles. The summed E-state index contributed by atoms with van der Waals surface area (Å²) in [5.41, 5.74) is 3.73. The zero-order valence-electron chi connectivity index (χ0n) is 48.1. The quantitative estimate of drug-likeness (QED) is 0.103. The van der Waals surface area contributed by atoms with E-state index >= 15 is 0 Å². The minimum Gasteiger partial charge on any atom is -0.505 e. The Hall–Kier alpha value is -9.02. The molecular formula is C63H56F3N9O8S3. The lowest BCUT2D eigenvalue weighted by atomic mass is 10.0. The number of amides is 3. The van der Waals surface area contributed by atoms with Crippen molar-refractivity contribution in [2.45, 2.75) is 91.1 Å².